The lowest BCUT2D eigenvalue weighted by atomic mass is 9.75. The van der Waals surface area contributed by atoms with Crippen molar-refractivity contribution in [3.63, 3.8) is 0 Å². The van der Waals surface area contributed by atoms with Gasteiger partial charge in [0.25, 0.3) is 0 Å². The lowest BCUT2D eigenvalue weighted by Gasteiger charge is -2.27. The number of allylic oxidation sites excluding steroid dienone is 1. The van der Waals surface area contributed by atoms with Gasteiger partial charge >= 0.3 is 5.97 Å². The van der Waals surface area contributed by atoms with E-state index in [0.29, 0.717) is 0 Å². The minimum Gasteiger partial charge on any atom is -0.465 e. The van der Waals surface area contributed by atoms with Crippen LogP contribution in [0.5, 0.6) is 0 Å². The van der Waals surface area contributed by atoms with Crippen molar-refractivity contribution in [2.45, 2.75) is 33.1 Å². The van der Waals surface area contributed by atoms with Crippen LogP contribution >= 0.6 is 0 Å². The number of esters is 1. The molecule has 2 unspecified atom stereocenters. The summed E-state index contributed by atoms with van der Waals surface area (Å²) in [6.07, 6.45) is 4.26. The molecule has 21 heavy (non-hydrogen) atoms. The Kier molecular flexibility index (Phi) is 6.68. The summed E-state index contributed by atoms with van der Waals surface area (Å²) < 4.78 is 5.04. The summed E-state index contributed by atoms with van der Waals surface area (Å²) in [5.74, 6) is -0.664. The van der Waals surface area contributed by atoms with Gasteiger partial charge in [0.05, 0.1) is 12.7 Å². The number of carbonyl (C=O) groups is 1. The van der Waals surface area contributed by atoms with Crippen LogP contribution in [-0.2, 0) is 16.0 Å². The first-order valence-corrected chi connectivity index (χ1v) is 7.33. The fraction of sp³-hybridized carbons (Fsp3) is 0.444. The SMILES string of the molecule is C=CC(CCCc1ccccc1)C(C)(C#N)C(=O)OCC. The van der Waals surface area contributed by atoms with E-state index in [2.05, 4.69) is 24.8 Å². The number of hydrogen-bond acceptors (Lipinski definition) is 3. The fourth-order valence-corrected chi connectivity index (χ4v) is 2.37. The normalized spacial score (nSPS) is 14.5. The first-order valence-electron chi connectivity index (χ1n) is 7.33. The first kappa shape index (κ1) is 17.0. The Hall–Kier alpha value is -2.08. The van der Waals surface area contributed by atoms with Crippen LogP contribution < -0.4 is 0 Å². The molecule has 1 rings (SSSR count). The van der Waals surface area contributed by atoms with E-state index < -0.39 is 11.4 Å². The van der Waals surface area contributed by atoms with Crippen LogP contribution in [0, 0.1) is 22.7 Å². The third-order valence-electron chi connectivity index (χ3n) is 3.78. The molecule has 112 valence electrons. The largest absolute Gasteiger partial charge is 0.465 e. The van der Waals surface area contributed by atoms with Crippen molar-refractivity contribution in [1.82, 2.24) is 0 Å². The standard InChI is InChI=1S/C18H23NO2/c1-4-16(18(3,14-19)17(20)21-5-2)13-9-12-15-10-7-6-8-11-15/h4,6-8,10-11,16H,1,5,9,12-13H2,2-3H3. The quantitative estimate of drug-likeness (QED) is 0.537. The van der Waals surface area contributed by atoms with Crippen molar-refractivity contribution in [2.75, 3.05) is 6.61 Å². The van der Waals surface area contributed by atoms with Gasteiger partial charge in [-0.25, -0.2) is 0 Å². The molecule has 0 amide bonds. The molecule has 3 heteroatoms. The van der Waals surface area contributed by atoms with Gasteiger partial charge in [0, 0.05) is 5.92 Å². The summed E-state index contributed by atoms with van der Waals surface area (Å²) in [6, 6.07) is 12.3. The Morgan fingerprint density at radius 2 is 2.14 bits per heavy atom. The van der Waals surface area contributed by atoms with Crippen LogP contribution in [0.4, 0.5) is 0 Å². The van der Waals surface area contributed by atoms with Crippen LogP contribution in [0.1, 0.15) is 32.3 Å². The second-order valence-corrected chi connectivity index (χ2v) is 5.25. The summed E-state index contributed by atoms with van der Waals surface area (Å²) in [5.41, 5.74) is 0.101. The van der Waals surface area contributed by atoms with E-state index in [9.17, 15) is 10.1 Å². The predicted molar refractivity (Wildman–Crippen MR) is 83.4 cm³/mol. The van der Waals surface area contributed by atoms with Crippen molar-refractivity contribution in [2.24, 2.45) is 11.3 Å². The van der Waals surface area contributed by atoms with E-state index >= 15 is 0 Å². The zero-order valence-corrected chi connectivity index (χ0v) is 12.8. The van der Waals surface area contributed by atoms with Crippen LogP contribution in [0.25, 0.3) is 0 Å². The number of hydrogen-bond donors (Lipinski definition) is 0. The molecule has 0 aromatic heterocycles. The van der Waals surface area contributed by atoms with E-state index in [4.69, 9.17) is 4.74 Å². The molecule has 0 fully saturated rings. The predicted octanol–water partition coefficient (Wildman–Crippen LogP) is 3.90. The second-order valence-electron chi connectivity index (χ2n) is 5.25. The Labute approximate surface area is 127 Å². The highest BCUT2D eigenvalue weighted by molar-refractivity contribution is 5.80. The van der Waals surface area contributed by atoms with E-state index in [-0.39, 0.29) is 12.5 Å². The Balaban J connectivity index is 2.66. The third-order valence-corrected chi connectivity index (χ3v) is 3.78. The van der Waals surface area contributed by atoms with Gasteiger partial charge in [0.2, 0.25) is 0 Å². The van der Waals surface area contributed by atoms with Gasteiger partial charge in [-0.15, -0.1) is 6.58 Å². The molecular formula is C18H23NO2. The van der Waals surface area contributed by atoms with Gasteiger partial charge in [-0.05, 0) is 38.7 Å². The second kappa shape index (κ2) is 8.26. The molecule has 2 atom stereocenters. The Morgan fingerprint density at radius 1 is 1.48 bits per heavy atom. The molecule has 0 aliphatic heterocycles. The lowest BCUT2D eigenvalue weighted by molar-refractivity contribution is -0.153. The fourth-order valence-electron chi connectivity index (χ4n) is 2.37. The first-order chi connectivity index (χ1) is 10.1. The summed E-state index contributed by atoms with van der Waals surface area (Å²) in [7, 11) is 0. The summed E-state index contributed by atoms with van der Waals surface area (Å²) in [5, 5.41) is 9.40. The zero-order chi connectivity index (χ0) is 15.7. The maximum absolute atomic E-state index is 12.0. The molecule has 0 spiro atoms. The highest BCUT2D eigenvalue weighted by atomic mass is 16.5. The van der Waals surface area contributed by atoms with Crippen LogP contribution in [0.2, 0.25) is 0 Å². The molecule has 0 aliphatic carbocycles. The number of nitriles is 1. The maximum Gasteiger partial charge on any atom is 0.326 e. The van der Waals surface area contributed by atoms with Crippen LogP contribution in [0.3, 0.4) is 0 Å². The van der Waals surface area contributed by atoms with Crippen molar-refractivity contribution in [3.05, 3.63) is 48.6 Å². The maximum atomic E-state index is 12.0. The van der Waals surface area contributed by atoms with Gasteiger partial charge in [-0.3, -0.25) is 4.79 Å². The van der Waals surface area contributed by atoms with Crippen molar-refractivity contribution >= 4 is 5.97 Å². The average molecular weight is 285 g/mol. The summed E-state index contributed by atoms with van der Waals surface area (Å²) in [4.78, 5) is 12.0. The minimum atomic E-state index is -1.16. The van der Waals surface area contributed by atoms with E-state index in [1.165, 1.54) is 5.56 Å². The molecule has 0 aliphatic rings. The monoisotopic (exact) mass is 285 g/mol. The van der Waals surface area contributed by atoms with Gasteiger partial charge in [-0.1, -0.05) is 36.4 Å². The molecule has 1 aromatic carbocycles. The highest BCUT2D eigenvalue weighted by Gasteiger charge is 2.41. The van der Waals surface area contributed by atoms with Crippen molar-refractivity contribution in [3.8, 4) is 6.07 Å². The number of rotatable bonds is 8. The molecule has 1 aromatic rings. The van der Waals surface area contributed by atoms with Gasteiger partial charge in [-0.2, -0.15) is 5.26 Å². The number of benzene rings is 1. The van der Waals surface area contributed by atoms with E-state index in [0.717, 1.165) is 19.3 Å². The van der Waals surface area contributed by atoms with Crippen molar-refractivity contribution in [1.29, 1.82) is 5.26 Å². The number of ether oxygens (including phenoxy) is 1. The zero-order valence-electron chi connectivity index (χ0n) is 12.8. The Bertz CT molecular complexity index is 504. The van der Waals surface area contributed by atoms with Crippen LogP contribution in [-0.4, -0.2) is 12.6 Å². The molecule has 0 radical (unpaired) electrons. The van der Waals surface area contributed by atoms with Crippen molar-refractivity contribution < 1.29 is 9.53 Å². The molecular weight excluding hydrogens is 262 g/mol. The topological polar surface area (TPSA) is 50.1 Å². The minimum absolute atomic E-state index is 0.203. The molecule has 0 bridgehead atoms. The van der Waals surface area contributed by atoms with Crippen LogP contribution in [0.15, 0.2) is 43.0 Å². The van der Waals surface area contributed by atoms with E-state index in [1.807, 2.05) is 18.2 Å². The van der Waals surface area contributed by atoms with Gasteiger partial charge < -0.3 is 4.74 Å². The molecule has 0 saturated heterocycles. The molecule has 0 saturated carbocycles. The average Bonchev–Trinajstić information content (AvgIpc) is 2.52. The number of carbonyl (C=O) groups excluding carboxylic acids is 1. The molecule has 3 nitrogen and oxygen atoms in total. The highest BCUT2D eigenvalue weighted by Crippen LogP contribution is 2.33. The lowest BCUT2D eigenvalue weighted by Crippen LogP contribution is -2.35. The number of nitrogens with zero attached hydrogens (tertiary/aromatic N) is 1. The third kappa shape index (κ3) is 4.46. The summed E-state index contributed by atoms with van der Waals surface area (Å²) >= 11 is 0. The van der Waals surface area contributed by atoms with Gasteiger partial charge in [0.1, 0.15) is 0 Å². The smallest absolute Gasteiger partial charge is 0.326 e. The summed E-state index contributed by atoms with van der Waals surface area (Å²) in [6.45, 7) is 7.45. The van der Waals surface area contributed by atoms with E-state index in [1.54, 1.807) is 19.9 Å². The molecule has 0 heterocycles. The molecule has 0 N–H and O–H groups in total. The van der Waals surface area contributed by atoms with Gasteiger partial charge in [0.15, 0.2) is 5.41 Å². The number of aryl methyl sites for hydroxylation is 1. The Morgan fingerprint density at radius 3 is 2.67 bits per heavy atom.